The molecule has 1 aromatic heterocycles. The van der Waals surface area contributed by atoms with E-state index in [1.807, 2.05) is 24.3 Å². The van der Waals surface area contributed by atoms with Crippen LogP contribution in [0.25, 0.3) is 11.3 Å². The van der Waals surface area contributed by atoms with Crippen LogP contribution in [0.1, 0.15) is 28.6 Å². The van der Waals surface area contributed by atoms with Gasteiger partial charge in [-0.3, -0.25) is 4.79 Å². The smallest absolute Gasteiger partial charge is 0.261 e. The zero-order valence-corrected chi connectivity index (χ0v) is 14.5. The topological polar surface area (TPSA) is 55.1 Å². The fourth-order valence-corrected chi connectivity index (χ4v) is 2.80. The molecule has 25 heavy (non-hydrogen) atoms. The average molecular weight is 359 g/mol. The highest BCUT2D eigenvalue weighted by Crippen LogP contribution is 2.33. The molecule has 0 atom stereocenters. The number of rotatable bonds is 4. The van der Waals surface area contributed by atoms with Crippen LogP contribution in [-0.2, 0) is 6.42 Å². The van der Waals surface area contributed by atoms with Crippen LogP contribution in [-0.4, -0.2) is 11.1 Å². The van der Waals surface area contributed by atoms with Gasteiger partial charge in [0.2, 0.25) is 0 Å². The Hall–Kier alpha value is -2.66. The second-order valence-corrected chi connectivity index (χ2v) is 5.97. The van der Waals surface area contributed by atoms with Crippen LogP contribution in [0.3, 0.4) is 0 Å². The summed E-state index contributed by atoms with van der Waals surface area (Å²) in [7, 11) is 0. The second kappa shape index (κ2) is 7.07. The van der Waals surface area contributed by atoms with Gasteiger partial charge in [-0.2, -0.15) is 0 Å². The molecular formula is C19H16ClFN2O2. The lowest BCUT2D eigenvalue weighted by molar-refractivity contribution is 0.102. The van der Waals surface area contributed by atoms with Gasteiger partial charge in [0.05, 0.1) is 10.6 Å². The van der Waals surface area contributed by atoms with Crippen LogP contribution < -0.4 is 5.32 Å². The SMILES string of the molecule is CCc1ccc(NC(=O)c2c(-c3c(F)cccc3Cl)noc2C)cc1. The first-order chi connectivity index (χ1) is 12.0. The van der Waals surface area contributed by atoms with Gasteiger partial charge < -0.3 is 9.84 Å². The molecule has 3 rings (SSSR count). The first-order valence-corrected chi connectivity index (χ1v) is 8.20. The van der Waals surface area contributed by atoms with Gasteiger partial charge in [-0.25, -0.2) is 4.39 Å². The van der Waals surface area contributed by atoms with Gasteiger partial charge in [0.25, 0.3) is 5.91 Å². The third-order valence-electron chi connectivity index (χ3n) is 3.91. The number of aryl methyl sites for hydroxylation is 2. The van der Waals surface area contributed by atoms with E-state index in [2.05, 4.69) is 17.4 Å². The van der Waals surface area contributed by atoms with Crippen molar-refractivity contribution in [2.24, 2.45) is 0 Å². The molecule has 6 heteroatoms. The maximum atomic E-state index is 14.2. The second-order valence-electron chi connectivity index (χ2n) is 5.56. The predicted octanol–water partition coefficient (Wildman–Crippen LogP) is 5.26. The van der Waals surface area contributed by atoms with Crippen LogP contribution in [0.4, 0.5) is 10.1 Å². The van der Waals surface area contributed by atoms with Crippen LogP contribution in [0.15, 0.2) is 47.0 Å². The van der Waals surface area contributed by atoms with E-state index in [1.54, 1.807) is 6.92 Å². The predicted molar refractivity (Wildman–Crippen MR) is 95.4 cm³/mol. The Morgan fingerprint density at radius 1 is 1.24 bits per heavy atom. The highest BCUT2D eigenvalue weighted by molar-refractivity contribution is 6.33. The van der Waals surface area contributed by atoms with Crippen molar-refractivity contribution in [2.75, 3.05) is 5.32 Å². The fraction of sp³-hybridized carbons (Fsp3) is 0.158. The molecule has 0 radical (unpaired) electrons. The maximum absolute atomic E-state index is 14.2. The van der Waals surface area contributed by atoms with E-state index in [-0.39, 0.29) is 27.6 Å². The van der Waals surface area contributed by atoms with Crippen molar-refractivity contribution in [3.8, 4) is 11.3 Å². The lowest BCUT2D eigenvalue weighted by Crippen LogP contribution is -2.13. The summed E-state index contributed by atoms with van der Waals surface area (Å²) in [5, 5.41) is 6.78. The number of nitrogens with one attached hydrogen (secondary N) is 1. The summed E-state index contributed by atoms with van der Waals surface area (Å²) < 4.78 is 19.3. The number of carbonyl (C=O) groups is 1. The zero-order valence-electron chi connectivity index (χ0n) is 13.8. The Labute approximate surface area is 149 Å². The summed E-state index contributed by atoms with van der Waals surface area (Å²) in [6.45, 7) is 3.65. The van der Waals surface area contributed by atoms with Crippen molar-refractivity contribution < 1.29 is 13.7 Å². The lowest BCUT2D eigenvalue weighted by atomic mass is 10.0. The molecule has 0 aliphatic heterocycles. The van der Waals surface area contributed by atoms with E-state index >= 15 is 0 Å². The molecule has 0 saturated heterocycles. The average Bonchev–Trinajstić information content (AvgIpc) is 2.97. The fourth-order valence-electron chi connectivity index (χ4n) is 2.55. The van der Waals surface area contributed by atoms with Crippen molar-refractivity contribution in [3.05, 3.63) is 70.2 Å². The summed E-state index contributed by atoms with van der Waals surface area (Å²) >= 11 is 6.09. The minimum absolute atomic E-state index is 0.0486. The van der Waals surface area contributed by atoms with E-state index < -0.39 is 11.7 Å². The Morgan fingerprint density at radius 3 is 2.60 bits per heavy atom. The van der Waals surface area contributed by atoms with Crippen molar-refractivity contribution in [2.45, 2.75) is 20.3 Å². The molecule has 0 aliphatic rings. The number of benzene rings is 2. The van der Waals surface area contributed by atoms with E-state index in [9.17, 15) is 9.18 Å². The monoisotopic (exact) mass is 358 g/mol. The summed E-state index contributed by atoms with van der Waals surface area (Å²) in [4.78, 5) is 12.7. The Morgan fingerprint density at radius 2 is 1.96 bits per heavy atom. The number of carbonyl (C=O) groups excluding carboxylic acids is 1. The molecule has 128 valence electrons. The molecule has 0 fully saturated rings. The summed E-state index contributed by atoms with van der Waals surface area (Å²) in [5.41, 5.74) is 2.09. The normalized spacial score (nSPS) is 10.7. The van der Waals surface area contributed by atoms with Crippen LogP contribution in [0.2, 0.25) is 5.02 Å². The molecule has 3 aromatic rings. The molecule has 2 aromatic carbocycles. The molecule has 4 nitrogen and oxygen atoms in total. The number of halogens is 2. The third-order valence-corrected chi connectivity index (χ3v) is 4.22. The largest absolute Gasteiger partial charge is 0.360 e. The first kappa shape index (κ1) is 17.2. The summed E-state index contributed by atoms with van der Waals surface area (Å²) in [6.07, 6.45) is 0.912. The Kier molecular flexibility index (Phi) is 4.86. The number of hydrogen-bond donors (Lipinski definition) is 1. The van der Waals surface area contributed by atoms with E-state index in [4.69, 9.17) is 16.1 Å². The Balaban J connectivity index is 1.97. The standard InChI is InChI=1S/C19H16ClFN2O2/c1-3-12-7-9-13(10-8-12)22-19(24)16-11(2)25-23-18(16)17-14(20)5-4-6-15(17)21/h4-10H,3H2,1-2H3,(H,22,24). The zero-order chi connectivity index (χ0) is 18.0. The molecule has 0 unspecified atom stereocenters. The molecule has 1 N–H and O–H groups in total. The van der Waals surface area contributed by atoms with E-state index in [0.717, 1.165) is 12.0 Å². The van der Waals surface area contributed by atoms with Gasteiger partial charge in [0.1, 0.15) is 22.8 Å². The highest BCUT2D eigenvalue weighted by Gasteiger charge is 2.25. The lowest BCUT2D eigenvalue weighted by Gasteiger charge is -2.08. The number of aromatic nitrogens is 1. The molecular weight excluding hydrogens is 343 g/mol. The highest BCUT2D eigenvalue weighted by atomic mass is 35.5. The van der Waals surface area contributed by atoms with Crippen molar-refractivity contribution in [1.29, 1.82) is 0 Å². The molecule has 0 bridgehead atoms. The number of amides is 1. The maximum Gasteiger partial charge on any atom is 0.261 e. The van der Waals surface area contributed by atoms with Crippen LogP contribution in [0, 0.1) is 12.7 Å². The minimum atomic E-state index is -0.567. The van der Waals surface area contributed by atoms with Gasteiger partial charge in [0.15, 0.2) is 0 Å². The summed E-state index contributed by atoms with van der Waals surface area (Å²) in [5.74, 6) is -0.712. The van der Waals surface area contributed by atoms with Crippen LogP contribution in [0.5, 0.6) is 0 Å². The number of hydrogen-bond acceptors (Lipinski definition) is 3. The quantitative estimate of drug-likeness (QED) is 0.692. The van der Waals surface area contributed by atoms with E-state index in [0.29, 0.717) is 5.69 Å². The number of nitrogens with zero attached hydrogens (tertiary/aromatic N) is 1. The molecule has 1 amide bonds. The van der Waals surface area contributed by atoms with E-state index in [1.165, 1.54) is 18.2 Å². The minimum Gasteiger partial charge on any atom is -0.360 e. The third kappa shape index (κ3) is 3.42. The van der Waals surface area contributed by atoms with Gasteiger partial charge in [-0.15, -0.1) is 0 Å². The van der Waals surface area contributed by atoms with Crippen molar-refractivity contribution in [3.63, 3.8) is 0 Å². The first-order valence-electron chi connectivity index (χ1n) is 7.82. The van der Waals surface area contributed by atoms with Gasteiger partial charge >= 0.3 is 0 Å². The van der Waals surface area contributed by atoms with Crippen molar-refractivity contribution in [1.82, 2.24) is 5.16 Å². The molecule has 0 saturated carbocycles. The van der Waals surface area contributed by atoms with Gasteiger partial charge in [-0.1, -0.05) is 41.9 Å². The van der Waals surface area contributed by atoms with Gasteiger partial charge in [0, 0.05) is 5.69 Å². The molecule has 0 spiro atoms. The van der Waals surface area contributed by atoms with Gasteiger partial charge in [-0.05, 0) is 43.2 Å². The number of anilines is 1. The Bertz CT molecular complexity index is 899. The molecule has 0 aliphatic carbocycles. The molecule has 1 heterocycles. The summed E-state index contributed by atoms with van der Waals surface area (Å²) in [6, 6.07) is 11.8. The van der Waals surface area contributed by atoms with Crippen LogP contribution >= 0.6 is 11.6 Å². The van der Waals surface area contributed by atoms with Crippen molar-refractivity contribution >= 4 is 23.2 Å².